The lowest BCUT2D eigenvalue weighted by atomic mass is 10.1. The highest BCUT2D eigenvalue weighted by Crippen LogP contribution is 2.27. The van der Waals surface area contributed by atoms with Crippen LogP contribution in [-0.4, -0.2) is 15.7 Å². The fourth-order valence-electron chi connectivity index (χ4n) is 2.71. The lowest BCUT2D eigenvalue weighted by Gasteiger charge is -2.09. The summed E-state index contributed by atoms with van der Waals surface area (Å²) in [6, 6.07) is 11.7. The second kappa shape index (κ2) is 7.72. The summed E-state index contributed by atoms with van der Waals surface area (Å²) in [5, 5.41) is 7.41. The topological polar surface area (TPSA) is 46.9 Å². The van der Waals surface area contributed by atoms with Crippen molar-refractivity contribution in [3.8, 4) is 5.69 Å². The van der Waals surface area contributed by atoms with E-state index in [-0.39, 0.29) is 18.1 Å². The molecule has 1 N–H and O–H groups in total. The number of halogens is 3. The molecule has 0 radical (unpaired) electrons. The maximum atomic E-state index is 13.1. The van der Waals surface area contributed by atoms with Gasteiger partial charge < -0.3 is 5.32 Å². The molecule has 0 spiro atoms. The molecular formula is C19H16Br2FN3O. The van der Waals surface area contributed by atoms with E-state index in [2.05, 4.69) is 42.3 Å². The first-order chi connectivity index (χ1) is 12.3. The number of aromatic nitrogens is 2. The highest BCUT2D eigenvalue weighted by Gasteiger charge is 2.17. The van der Waals surface area contributed by atoms with Gasteiger partial charge in [0.05, 0.1) is 23.5 Å². The molecule has 0 saturated carbocycles. The molecule has 0 bridgehead atoms. The van der Waals surface area contributed by atoms with E-state index in [1.165, 1.54) is 12.1 Å². The SMILES string of the molecule is Cc1nn(-c2ccc(F)cc2)c(C)c1CC(=O)Nc1cc(Br)ccc1Br. The normalized spacial score (nSPS) is 10.8. The summed E-state index contributed by atoms with van der Waals surface area (Å²) in [7, 11) is 0. The summed E-state index contributed by atoms with van der Waals surface area (Å²) in [5.41, 5.74) is 3.95. The Balaban J connectivity index is 1.82. The molecule has 26 heavy (non-hydrogen) atoms. The second-order valence-corrected chi connectivity index (χ2v) is 7.66. The number of amides is 1. The highest BCUT2D eigenvalue weighted by molar-refractivity contribution is 9.11. The largest absolute Gasteiger partial charge is 0.325 e. The number of hydrogen-bond acceptors (Lipinski definition) is 2. The number of hydrogen-bond donors (Lipinski definition) is 1. The minimum Gasteiger partial charge on any atom is -0.325 e. The van der Waals surface area contributed by atoms with Gasteiger partial charge in [0.25, 0.3) is 0 Å². The number of carbonyl (C=O) groups is 1. The number of carbonyl (C=O) groups excluding carboxylic acids is 1. The number of anilines is 1. The van der Waals surface area contributed by atoms with E-state index in [1.807, 2.05) is 32.0 Å². The zero-order valence-corrected chi connectivity index (χ0v) is 17.4. The Morgan fingerprint density at radius 2 is 1.85 bits per heavy atom. The van der Waals surface area contributed by atoms with Gasteiger partial charge in [-0.3, -0.25) is 4.79 Å². The number of rotatable bonds is 4. The molecule has 1 aromatic heterocycles. The van der Waals surface area contributed by atoms with E-state index in [0.717, 1.165) is 31.6 Å². The molecule has 2 aromatic carbocycles. The summed E-state index contributed by atoms with van der Waals surface area (Å²) in [6.07, 6.45) is 0.206. The summed E-state index contributed by atoms with van der Waals surface area (Å²) >= 11 is 6.83. The predicted molar refractivity (Wildman–Crippen MR) is 107 cm³/mol. The standard InChI is InChI=1S/C19H16Br2FN3O/c1-11-16(10-19(26)23-18-9-13(20)3-8-17(18)21)12(2)25(24-11)15-6-4-14(22)5-7-15/h3-9H,10H2,1-2H3,(H,23,26). The quantitative estimate of drug-likeness (QED) is 0.548. The monoisotopic (exact) mass is 479 g/mol. The van der Waals surface area contributed by atoms with Crippen LogP contribution in [0.15, 0.2) is 51.4 Å². The van der Waals surface area contributed by atoms with Crippen molar-refractivity contribution in [2.45, 2.75) is 20.3 Å². The van der Waals surface area contributed by atoms with Crippen LogP contribution in [0.2, 0.25) is 0 Å². The smallest absolute Gasteiger partial charge is 0.228 e. The summed E-state index contributed by atoms with van der Waals surface area (Å²) < 4.78 is 16.6. The Morgan fingerprint density at radius 1 is 1.15 bits per heavy atom. The lowest BCUT2D eigenvalue weighted by Crippen LogP contribution is -2.15. The Kier molecular flexibility index (Phi) is 5.58. The average Bonchev–Trinajstić information content (AvgIpc) is 2.87. The summed E-state index contributed by atoms with van der Waals surface area (Å²) in [6.45, 7) is 3.77. The minimum atomic E-state index is -0.297. The fraction of sp³-hybridized carbons (Fsp3) is 0.158. The Bertz CT molecular complexity index is 968. The Morgan fingerprint density at radius 3 is 2.54 bits per heavy atom. The van der Waals surface area contributed by atoms with Gasteiger partial charge in [0.15, 0.2) is 0 Å². The molecule has 134 valence electrons. The number of aryl methyl sites for hydroxylation is 1. The third kappa shape index (κ3) is 4.04. The molecule has 3 aromatic rings. The van der Waals surface area contributed by atoms with E-state index < -0.39 is 0 Å². The van der Waals surface area contributed by atoms with E-state index in [9.17, 15) is 9.18 Å². The third-order valence-corrected chi connectivity index (χ3v) is 5.24. The van der Waals surface area contributed by atoms with Crippen LogP contribution in [0.5, 0.6) is 0 Å². The van der Waals surface area contributed by atoms with Crippen molar-refractivity contribution in [1.82, 2.24) is 9.78 Å². The van der Waals surface area contributed by atoms with Gasteiger partial charge in [0, 0.05) is 20.2 Å². The van der Waals surface area contributed by atoms with Crippen LogP contribution in [-0.2, 0) is 11.2 Å². The van der Waals surface area contributed by atoms with Crippen LogP contribution < -0.4 is 5.32 Å². The molecule has 0 saturated heterocycles. The maximum absolute atomic E-state index is 13.1. The van der Waals surface area contributed by atoms with Gasteiger partial charge in [-0.15, -0.1) is 0 Å². The van der Waals surface area contributed by atoms with Crippen molar-refractivity contribution >= 4 is 43.5 Å². The van der Waals surface area contributed by atoms with Crippen molar-refractivity contribution in [3.05, 3.63) is 74.2 Å². The molecule has 0 atom stereocenters. The summed E-state index contributed by atoms with van der Waals surface area (Å²) in [4.78, 5) is 12.5. The first-order valence-corrected chi connectivity index (χ1v) is 9.49. The zero-order valence-electron chi connectivity index (χ0n) is 14.2. The molecule has 0 aliphatic carbocycles. The van der Waals surface area contributed by atoms with Gasteiger partial charge in [-0.2, -0.15) is 5.10 Å². The van der Waals surface area contributed by atoms with Crippen molar-refractivity contribution < 1.29 is 9.18 Å². The second-order valence-electron chi connectivity index (χ2n) is 5.89. The lowest BCUT2D eigenvalue weighted by molar-refractivity contribution is -0.115. The average molecular weight is 481 g/mol. The molecule has 0 fully saturated rings. The van der Waals surface area contributed by atoms with Crippen molar-refractivity contribution in [3.63, 3.8) is 0 Å². The van der Waals surface area contributed by atoms with Crippen LogP contribution in [0, 0.1) is 19.7 Å². The van der Waals surface area contributed by atoms with Crippen molar-refractivity contribution in [1.29, 1.82) is 0 Å². The molecule has 0 aliphatic heterocycles. The predicted octanol–water partition coefficient (Wildman–Crippen LogP) is 5.33. The van der Waals surface area contributed by atoms with Crippen LogP contribution in [0.3, 0.4) is 0 Å². The van der Waals surface area contributed by atoms with Gasteiger partial charge in [-0.1, -0.05) is 15.9 Å². The van der Waals surface area contributed by atoms with E-state index in [4.69, 9.17) is 0 Å². The van der Waals surface area contributed by atoms with E-state index in [1.54, 1.807) is 16.8 Å². The van der Waals surface area contributed by atoms with Gasteiger partial charge in [0.1, 0.15) is 5.82 Å². The summed E-state index contributed by atoms with van der Waals surface area (Å²) in [5.74, 6) is -0.428. The Hall–Kier alpha value is -1.99. The molecule has 0 aliphatic rings. The van der Waals surface area contributed by atoms with Crippen LogP contribution in [0.25, 0.3) is 5.69 Å². The van der Waals surface area contributed by atoms with Gasteiger partial charge in [-0.05, 0) is 72.2 Å². The minimum absolute atomic E-state index is 0.131. The highest BCUT2D eigenvalue weighted by atomic mass is 79.9. The zero-order chi connectivity index (χ0) is 18.8. The third-order valence-electron chi connectivity index (χ3n) is 4.05. The van der Waals surface area contributed by atoms with E-state index in [0.29, 0.717) is 5.69 Å². The van der Waals surface area contributed by atoms with E-state index >= 15 is 0 Å². The van der Waals surface area contributed by atoms with Gasteiger partial charge in [-0.25, -0.2) is 9.07 Å². The van der Waals surface area contributed by atoms with Crippen LogP contribution in [0.4, 0.5) is 10.1 Å². The first kappa shape index (κ1) is 18.8. The molecule has 1 heterocycles. The molecule has 4 nitrogen and oxygen atoms in total. The van der Waals surface area contributed by atoms with Crippen molar-refractivity contribution in [2.24, 2.45) is 0 Å². The van der Waals surface area contributed by atoms with Crippen molar-refractivity contribution in [2.75, 3.05) is 5.32 Å². The first-order valence-electron chi connectivity index (χ1n) is 7.91. The molecule has 1 amide bonds. The molecule has 3 rings (SSSR count). The van der Waals surface area contributed by atoms with Gasteiger partial charge in [0.2, 0.25) is 5.91 Å². The maximum Gasteiger partial charge on any atom is 0.228 e. The number of benzene rings is 2. The van der Waals surface area contributed by atoms with Crippen LogP contribution >= 0.6 is 31.9 Å². The van der Waals surface area contributed by atoms with Crippen LogP contribution in [0.1, 0.15) is 17.0 Å². The molecule has 7 heteroatoms. The Labute approximate surface area is 167 Å². The molecule has 0 unspecified atom stereocenters. The van der Waals surface area contributed by atoms with Gasteiger partial charge >= 0.3 is 0 Å². The fourth-order valence-corrected chi connectivity index (χ4v) is 3.42. The molecular weight excluding hydrogens is 465 g/mol. The number of nitrogens with zero attached hydrogens (tertiary/aromatic N) is 2. The number of nitrogens with one attached hydrogen (secondary N) is 1.